The van der Waals surface area contributed by atoms with Crippen molar-refractivity contribution >= 4 is 5.91 Å². The first kappa shape index (κ1) is 17.3. The summed E-state index contributed by atoms with van der Waals surface area (Å²) < 4.78 is 11.3. The van der Waals surface area contributed by atoms with Gasteiger partial charge in [0.15, 0.2) is 11.5 Å². The van der Waals surface area contributed by atoms with E-state index in [4.69, 9.17) is 9.47 Å². The summed E-state index contributed by atoms with van der Waals surface area (Å²) in [5.74, 6) is 1.17. The minimum absolute atomic E-state index is 0.0418. The molecule has 3 rings (SSSR count). The van der Waals surface area contributed by atoms with Crippen LogP contribution < -0.4 is 14.8 Å². The van der Waals surface area contributed by atoms with Crippen LogP contribution in [0, 0.1) is 0 Å². The normalized spacial score (nSPS) is 14.8. The van der Waals surface area contributed by atoms with Gasteiger partial charge in [-0.25, -0.2) is 0 Å². The van der Waals surface area contributed by atoms with Crippen molar-refractivity contribution in [3.63, 3.8) is 0 Å². The zero-order valence-corrected chi connectivity index (χ0v) is 14.7. The first-order chi connectivity index (χ1) is 12.3. The van der Waals surface area contributed by atoms with Gasteiger partial charge in [0.1, 0.15) is 6.61 Å². The van der Waals surface area contributed by atoms with E-state index in [0.29, 0.717) is 29.7 Å². The Morgan fingerprint density at radius 2 is 1.80 bits per heavy atom. The van der Waals surface area contributed by atoms with E-state index in [9.17, 15) is 4.79 Å². The predicted octanol–water partition coefficient (Wildman–Crippen LogP) is 4.34. The van der Waals surface area contributed by atoms with Gasteiger partial charge in [-0.1, -0.05) is 49.6 Å². The van der Waals surface area contributed by atoms with Crippen LogP contribution in [0.1, 0.15) is 48.0 Å². The molecule has 1 aliphatic rings. The molecule has 1 N–H and O–H groups in total. The number of benzene rings is 2. The summed E-state index contributed by atoms with van der Waals surface area (Å²) >= 11 is 0. The fraction of sp³-hybridized carbons (Fsp3) is 0.381. The second-order valence-corrected chi connectivity index (χ2v) is 6.45. The molecule has 25 heavy (non-hydrogen) atoms. The molecule has 0 radical (unpaired) electrons. The lowest BCUT2D eigenvalue weighted by atomic mass is 9.95. The minimum atomic E-state index is -0.0418. The van der Waals surface area contributed by atoms with E-state index in [2.05, 4.69) is 5.32 Å². The van der Waals surface area contributed by atoms with E-state index >= 15 is 0 Å². The summed E-state index contributed by atoms with van der Waals surface area (Å²) in [6.07, 6.45) is 5.80. The van der Waals surface area contributed by atoms with E-state index in [-0.39, 0.29) is 5.91 Å². The van der Waals surface area contributed by atoms with E-state index in [0.717, 1.165) is 18.4 Å². The standard InChI is InChI=1S/C21H25NO3/c1-24-20-14-17(21(23)22-18-10-6-3-7-11-18)12-13-19(20)25-15-16-8-4-2-5-9-16/h2,4-5,8-9,12-14,18H,3,6-7,10-11,15H2,1H3,(H,22,23). The van der Waals surface area contributed by atoms with Gasteiger partial charge in [0, 0.05) is 11.6 Å². The van der Waals surface area contributed by atoms with Crippen molar-refractivity contribution in [3.05, 3.63) is 59.7 Å². The number of rotatable bonds is 6. The van der Waals surface area contributed by atoms with Crippen LogP contribution in [0.25, 0.3) is 0 Å². The molecule has 1 saturated carbocycles. The highest BCUT2D eigenvalue weighted by Crippen LogP contribution is 2.29. The fourth-order valence-electron chi connectivity index (χ4n) is 3.18. The number of hydrogen-bond donors (Lipinski definition) is 1. The second kappa shape index (κ2) is 8.56. The van der Waals surface area contributed by atoms with Crippen molar-refractivity contribution in [1.29, 1.82) is 0 Å². The molecule has 0 aliphatic heterocycles. The summed E-state index contributed by atoms with van der Waals surface area (Å²) in [6, 6.07) is 15.6. The molecule has 0 spiro atoms. The van der Waals surface area contributed by atoms with Gasteiger partial charge >= 0.3 is 0 Å². The topological polar surface area (TPSA) is 47.6 Å². The second-order valence-electron chi connectivity index (χ2n) is 6.45. The molecular formula is C21H25NO3. The number of carbonyl (C=O) groups excluding carboxylic acids is 1. The van der Waals surface area contributed by atoms with Crippen LogP contribution in [0.3, 0.4) is 0 Å². The van der Waals surface area contributed by atoms with Crippen molar-refractivity contribution in [2.24, 2.45) is 0 Å². The Balaban J connectivity index is 1.65. The molecular weight excluding hydrogens is 314 g/mol. The first-order valence-electron chi connectivity index (χ1n) is 8.92. The van der Waals surface area contributed by atoms with Crippen molar-refractivity contribution in [1.82, 2.24) is 5.32 Å². The van der Waals surface area contributed by atoms with Gasteiger partial charge in [-0.05, 0) is 36.6 Å². The Morgan fingerprint density at radius 3 is 2.52 bits per heavy atom. The monoisotopic (exact) mass is 339 g/mol. The molecule has 0 saturated heterocycles. The van der Waals surface area contributed by atoms with Crippen LogP contribution in [0.2, 0.25) is 0 Å². The van der Waals surface area contributed by atoms with Gasteiger partial charge in [-0.2, -0.15) is 0 Å². The van der Waals surface area contributed by atoms with Gasteiger partial charge < -0.3 is 14.8 Å². The highest BCUT2D eigenvalue weighted by Gasteiger charge is 2.18. The number of ether oxygens (including phenoxy) is 2. The number of hydrogen-bond acceptors (Lipinski definition) is 3. The largest absolute Gasteiger partial charge is 0.493 e. The maximum atomic E-state index is 12.5. The molecule has 0 heterocycles. The highest BCUT2D eigenvalue weighted by atomic mass is 16.5. The molecule has 4 heteroatoms. The summed E-state index contributed by atoms with van der Waals surface area (Å²) in [7, 11) is 1.59. The molecule has 2 aromatic carbocycles. The van der Waals surface area contributed by atoms with Crippen molar-refractivity contribution in [2.45, 2.75) is 44.8 Å². The lowest BCUT2D eigenvalue weighted by Crippen LogP contribution is -2.36. The van der Waals surface area contributed by atoms with E-state index in [1.807, 2.05) is 30.3 Å². The van der Waals surface area contributed by atoms with Crippen LogP contribution in [0.4, 0.5) is 0 Å². The summed E-state index contributed by atoms with van der Waals surface area (Å²) in [5, 5.41) is 3.13. The third kappa shape index (κ3) is 4.75. The summed E-state index contributed by atoms with van der Waals surface area (Å²) in [5.41, 5.74) is 1.69. The molecule has 1 amide bonds. The smallest absolute Gasteiger partial charge is 0.251 e. The van der Waals surface area contributed by atoms with E-state index in [1.54, 1.807) is 25.3 Å². The van der Waals surface area contributed by atoms with Gasteiger partial charge in [0.05, 0.1) is 7.11 Å². The molecule has 0 aromatic heterocycles. The Bertz CT molecular complexity index is 694. The van der Waals surface area contributed by atoms with Crippen molar-refractivity contribution < 1.29 is 14.3 Å². The van der Waals surface area contributed by atoms with Crippen molar-refractivity contribution in [2.75, 3.05) is 7.11 Å². The molecule has 0 unspecified atom stereocenters. The fourth-order valence-corrected chi connectivity index (χ4v) is 3.18. The van der Waals surface area contributed by atoms with Gasteiger partial charge in [0.2, 0.25) is 0 Å². The molecule has 132 valence electrons. The molecule has 0 atom stereocenters. The number of methoxy groups -OCH3 is 1. The molecule has 1 fully saturated rings. The summed E-state index contributed by atoms with van der Waals surface area (Å²) in [6.45, 7) is 0.463. The van der Waals surface area contributed by atoms with Gasteiger partial charge in [-0.3, -0.25) is 4.79 Å². The van der Waals surface area contributed by atoms with Crippen LogP contribution in [-0.2, 0) is 6.61 Å². The van der Waals surface area contributed by atoms with Crippen molar-refractivity contribution in [3.8, 4) is 11.5 Å². The minimum Gasteiger partial charge on any atom is -0.493 e. The lowest BCUT2D eigenvalue weighted by Gasteiger charge is -2.23. The highest BCUT2D eigenvalue weighted by molar-refractivity contribution is 5.95. The van der Waals surface area contributed by atoms with Gasteiger partial charge in [0.25, 0.3) is 5.91 Å². The molecule has 4 nitrogen and oxygen atoms in total. The average molecular weight is 339 g/mol. The Hall–Kier alpha value is -2.49. The van der Waals surface area contributed by atoms with Crippen LogP contribution in [0.5, 0.6) is 11.5 Å². The zero-order valence-electron chi connectivity index (χ0n) is 14.7. The number of nitrogens with one attached hydrogen (secondary N) is 1. The Labute approximate surface area is 149 Å². The zero-order chi connectivity index (χ0) is 17.5. The summed E-state index contributed by atoms with van der Waals surface area (Å²) in [4.78, 5) is 12.5. The third-order valence-electron chi connectivity index (χ3n) is 4.60. The molecule has 1 aliphatic carbocycles. The van der Waals surface area contributed by atoms with Crippen LogP contribution in [-0.4, -0.2) is 19.1 Å². The first-order valence-corrected chi connectivity index (χ1v) is 8.92. The van der Waals surface area contributed by atoms with Crippen LogP contribution in [0.15, 0.2) is 48.5 Å². The quantitative estimate of drug-likeness (QED) is 0.852. The molecule has 0 bridgehead atoms. The third-order valence-corrected chi connectivity index (χ3v) is 4.60. The Kier molecular flexibility index (Phi) is 5.94. The van der Waals surface area contributed by atoms with Gasteiger partial charge in [-0.15, -0.1) is 0 Å². The lowest BCUT2D eigenvalue weighted by molar-refractivity contribution is 0.0927. The van der Waals surface area contributed by atoms with E-state index in [1.165, 1.54) is 19.3 Å². The van der Waals surface area contributed by atoms with Crippen LogP contribution >= 0.6 is 0 Å². The van der Waals surface area contributed by atoms with E-state index < -0.39 is 0 Å². The number of carbonyl (C=O) groups is 1. The Morgan fingerprint density at radius 1 is 1.04 bits per heavy atom. The SMILES string of the molecule is COc1cc(C(=O)NC2CCCCC2)ccc1OCc1ccccc1. The maximum Gasteiger partial charge on any atom is 0.251 e. The molecule has 2 aromatic rings. The maximum absolute atomic E-state index is 12.5. The predicted molar refractivity (Wildman–Crippen MR) is 98.1 cm³/mol. The average Bonchev–Trinajstić information content (AvgIpc) is 2.67. The number of amides is 1.